The summed E-state index contributed by atoms with van der Waals surface area (Å²) in [6.07, 6.45) is 1.22. The standard InChI is InChI=1S/C18H32N2O/c1-7-15(4)12-20(5)13-17-10-16(11-19-14(2)3)8-9-18(17)21-6/h8-10,14-15,19H,7,11-13H2,1-6H3. The number of methoxy groups -OCH3 is 1. The third kappa shape index (κ3) is 6.49. The Kier molecular flexibility index (Phi) is 7.76. The summed E-state index contributed by atoms with van der Waals surface area (Å²) < 4.78 is 5.51. The first kappa shape index (κ1) is 18.0. The Hall–Kier alpha value is -1.06. The zero-order chi connectivity index (χ0) is 15.8. The van der Waals surface area contributed by atoms with Crippen LogP contribution in [0.25, 0.3) is 0 Å². The van der Waals surface area contributed by atoms with Gasteiger partial charge in [0, 0.05) is 31.2 Å². The van der Waals surface area contributed by atoms with Gasteiger partial charge in [0.15, 0.2) is 0 Å². The molecule has 0 saturated carbocycles. The van der Waals surface area contributed by atoms with Gasteiger partial charge in [-0.05, 0) is 30.7 Å². The molecule has 1 aromatic rings. The van der Waals surface area contributed by atoms with E-state index in [1.807, 2.05) is 0 Å². The van der Waals surface area contributed by atoms with Crippen LogP contribution in [-0.2, 0) is 13.1 Å². The summed E-state index contributed by atoms with van der Waals surface area (Å²) in [6.45, 7) is 11.9. The molecule has 0 spiro atoms. The molecule has 0 fully saturated rings. The van der Waals surface area contributed by atoms with Crippen LogP contribution in [0.4, 0.5) is 0 Å². The average Bonchev–Trinajstić information content (AvgIpc) is 2.45. The third-order valence-electron chi connectivity index (χ3n) is 3.82. The van der Waals surface area contributed by atoms with Crippen molar-refractivity contribution in [1.29, 1.82) is 0 Å². The van der Waals surface area contributed by atoms with Crippen LogP contribution in [0.1, 0.15) is 45.2 Å². The van der Waals surface area contributed by atoms with Gasteiger partial charge in [0.05, 0.1) is 7.11 Å². The van der Waals surface area contributed by atoms with Crippen LogP contribution in [-0.4, -0.2) is 31.6 Å². The largest absolute Gasteiger partial charge is 0.496 e. The van der Waals surface area contributed by atoms with Gasteiger partial charge in [-0.2, -0.15) is 0 Å². The molecule has 1 aromatic carbocycles. The summed E-state index contributed by atoms with van der Waals surface area (Å²) in [5, 5.41) is 3.47. The number of rotatable bonds is 9. The van der Waals surface area contributed by atoms with Crippen molar-refractivity contribution in [2.24, 2.45) is 5.92 Å². The maximum atomic E-state index is 5.51. The minimum Gasteiger partial charge on any atom is -0.496 e. The maximum absolute atomic E-state index is 5.51. The molecule has 1 N–H and O–H groups in total. The molecule has 0 amide bonds. The molecule has 0 saturated heterocycles. The highest BCUT2D eigenvalue weighted by molar-refractivity contribution is 5.37. The molecule has 0 heterocycles. The first-order valence-electron chi connectivity index (χ1n) is 8.04. The van der Waals surface area contributed by atoms with Crippen LogP contribution in [0.5, 0.6) is 5.75 Å². The van der Waals surface area contributed by atoms with Crippen LogP contribution in [0.15, 0.2) is 18.2 Å². The summed E-state index contributed by atoms with van der Waals surface area (Å²) >= 11 is 0. The van der Waals surface area contributed by atoms with E-state index in [2.05, 4.69) is 63.2 Å². The van der Waals surface area contributed by atoms with Crippen molar-refractivity contribution in [3.63, 3.8) is 0 Å². The topological polar surface area (TPSA) is 24.5 Å². The zero-order valence-electron chi connectivity index (χ0n) is 14.6. The van der Waals surface area contributed by atoms with Crippen molar-refractivity contribution in [3.8, 4) is 5.75 Å². The van der Waals surface area contributed by atoms with Crippen molar-refractivity contribution in [3.05, 3.63) is 29.3 Å². The Morgan fingerprint density at radius 3 is 2.52 bits per heavy atom. The summed E-state index contributed by atoms with van der Waals surface area (Å²) in [5.41, 5.74) is 2.59. The van der Waals surface area contributed by atoms with Crippen molar-refractivity contribution in [2.45, 2.75) is 53.2 Å². The van der Waals surface area contributed by atoms with E-state index in [1.165, 1.54) is 17.5 Å². The van der Waals surface area contributed by atoms with Gasteiger partial charge in [-0.3, -0.25) is 0 Å². The van der Waals surface area contributed by atoms with E-state index >= 15 is 0 Å². The summed E-state index contributed by atoms with van der Waals surface area (Å²) in [7, 11) is 3.93. The number of hydrogen-bond donors (Lipinski definition) is 1. The fourth-order valence-corrected chi connectivity index (χ4v) is 2.40. The highest BCUT2D eigenvalue weighted by atomic mass is 16.5. The first-order valence-corrected chi connectivity index (χ1v) is 8.04. The van der Waals surface area contributed by atoms with Gasteiger partial charge in [0.2, 0.25) is 0 Å². The van der Waals surface area contributed by atoms with Crippen LogP contribution in [0, 0.1) is 5.92 Å². The number of ether oxygens (including phenoxy) is 1. The quantitative estimate of drug-likeness (QED) is 0.751. The zero-order valence-corrected chi connectivity index (χ0v) is 14.6. The SMILES string of the molecule is CCC(C)CN(C)Cc1cc(CNC(C)C)ccc1OC. The lowest BCUT2D eigenvalue weighted by molar-refractivity contribution is 0.270. The summed E-state index contributed by atoms with van der Waals surface area (Å²) in [4.78, 5) is 2.38. The Morgan fingerprint density at radius 2 is 1.95 bits per heavy atom. The van der Waals surface area contributed by atoms with Crippen molar-refractivity contribution < 1.29 is 4.74 Å². The van der Waals surface area contributed by atoms with Gasteiger partial charge in [0.1, 0.15) is 5.75 Å². The normalized spacial score (nSPS) is 13.0. The minimum atomic E-state index is 0.503. The Labute approximate surface area is 130 Å². The predicted octanol–water partition coefficient (Wildman–Crippen LogP) is 3.67. The van der Waals surface area contributed by atoms with Gasteiger partial charge in [-0.1, -0.05) is 40.2 Å². The molecule has 21 heavy (non-hydrogen) atoms. The van der Waals surface area contributed by atoms with Gasteiger partial charge in [-0.15, -0.1) is 0 Å². The lowest BCUT2D eigenvalue weighted by Gasteiger charge is -2.22. The average molecular weight is 292 g/mol. The molecule has 0 aliphatic rings. The van der Waals surface area contributed by atoms with Gasteiger partial charge in [-0.25, -0.2) is 0 Å². The van der Waals surface area contributed by atoms with E-state index in [0.29, 0.717) is 6.04 Å². The fraction of sp³-hybridized carbons (Fsp3) is 0.667. The lowest BCUT2D eigenvalue weighted by Crippen LogP contribution is -2.24. The van der Waals surface area contributed by atoms with Crippen molar-refractivity contribution >= 4 is 0 Å². The second-order valence-electron chi connectivity index (χ2n) is 6.39. The van der Waals surface area contributed by atoms with Crippen LogP contribution in [0.3, 0.4) is 0 Å². The summed E-state index contributed by atoms with van der Waals surface area (Å²) in [5.74, 6) is 1.71. The molecule has 3 nitrogen and oxygen atoms in total. The Bertz CT molecular complexity index is 418. The minimum absolute atomic E-state index is 0.503. The van der Waals surface area contributed by atoms with E-state index < -0.39 is 0 Å². The second-order valence-corrected chi connectivity index (χ2v) is 6.39. The Morgan fingerprint density at radius 1 is 1.24 bits per heavy atom. The van der Waals surface area contributed by atoms with E-state index in [0.717, 1.165) is 31.3 Å². The molecule has 0 aliphatic carbocycles. The molecule has 0 bridgehead atoms. The molecular weight excluding hydrogens is 260 g/mol. The van der Waals surface area contributed by atoms with Gasteiger partial charge in [0.25, 0.3) is 0 Å². The molecule has 3 heteroatoms. The fourth-order valence-electron chi connectivity index (χ4n) is 2.40. The van der Waals surface area contributed by atoms with E-state index in [-0.39, 0.29) is 0 Å². The first-order chi connectivity index (χ1) is 9.96. The third-order valence-corrected chi connectivity index (χ3v) is 3.82. The smallest absolute Gasteiger partial charge is 0.123 e. The number of hydrogen-bond acceptors (Lipinski definition) is 3. The highest BCUT2D eigenvalue weighted by Gasteiger charge is 2.10. The van der Waals surface area contributed by atoms with Crippen LogP contribution in [0.2, 0.25) is 0 Å². The van der Waals surface area contributed by atoms with E-state index in [9.17, 15) is 0 Å². The van der Waals surface area contributed by atoms with Crippen molar-refractivity contribution in [2.75, 3.05) is 20.7 Å². The number of benzene rings is 1. The predicted molar refractivity (Wildman–Crippen MR) is 90.8 cm³/mol. The molecule has 0 aliphatic heterocycles. The molecule has 0 aromatic heterocycles. The molecule has 1 atom stereocenters. The van der Waals surface area contributed by atoms with Crippen molar-refractivity contribution in [1.82, 2.24) is 10.2 Å². The lowest BCUT2D eigenvalue weighted by atomic mass is 10.1. The second kappa shape index (κ2) is 9.06. The molecule has 120 valence electrons. The molecule has 1 unspecified atom stereocenters. The molecule has 0 radical (unpaired) electrons. The van der Waals surface area contributed by atoms with E-state index in [4.69, 9.17) is 4.74 Å². The number of nitrogens with zero attached hydrogens (tertiary/aromatic N) is 1. The van der Waals surface area contributed by atoms with Gasteiger partial charge >= 0.3 is 0 Å². The van der Waals surface area contributed by atoms with Gasteiger partial charge < -0.3 is 15.0 Å². The molecule has 1 rings (SSSR count). The van der Waals surface area contributed by atoms with Crippen LogP contribution >= 0.6 is 0 Å². The van der Waals surface area contributed by atoms with E-state index in [1.54, 1.807) is 7.11 Å². The highest BCUT2D eigenvalue weighted by Crippen LogP contribution is 2.22. The monoisotopic (exact) mass is 292 g/mol. The van der Waals surface area contributed by atoms with Crippen LogP contribution < -0.4 is 10.1 Å². The molecular formula is C18H32N2O. The summed E-state index contributed by atoms with van der Waals surface area (Å²) in [6, 6.07) is 7.00. The number of nitrogens with one attached hydrogen (secondary N) is 1. The Balaban J connectivity index is 2.75. The maximum Gasteiger partial charge on any atom is 0.123 e.